The molecular formula is C16H22Cl2N4O. The Morgan fingerprint density at radius 2 is 2.09 bits per heavy atom. The average Bonchev–Trinajstić information content (AvgIpc) is 2.83. The van der Waals surface area contributed by atoms with Gasteiger partial charge in [-0.1, -0.05) is 13.3 Å². The zero-order valence-electron chi connectivity index (χ0n) is 13.3. The molecule has 2 bridgehead atoms. The van der Waals surface area contributed by atoms with Gasteiger partial charge in [-0.3, -0.25) is 14.5 Å². The Morgan fingerprint density at radius 3 is 2.87 bits per heavy atom. The van der Waals surface area contributed by atoms with Gasteiger partial charge in [0.05, 0.1) is 17.6 Å². The number of nitrogens with one attached hydrogen (secondary N) is 1. The summed E-state index contributed by atoms with van der Waals surface area (Å²) >= 11 is 0. The number of amides is 1. The van der Waals surface area contributed by atoms with Crippen LogP contribution in [0.5, 0.6) is 0 Å². The van der Waals surface area contributed by atoms with E-state index in [-0.39, 0.29) is 36.6 Å². The van der Waals surface area contributed by atoms with E-state index in [1.54, 1.807) is 10.9 Å². The van der Waals surface area contributed by atoms with Gasteiger partial charge >= 0.3 is 0 Å². The first kappa shape index (κ1) is 19.5. The van der Waals surface area contributed by atoms with Crippen LogP contribution in [0.4, 0.5) is 5.69 Å². The van der Waals surface area contributed by atoms with Crippen molar-refractivity contribution in [2.45, 2.75) is 32.6 Å². The van der Waals surface area contributed by atoms with Crippen LogP contribution in [0.3, 0.4) is 0 Å². The predicted molar refractivity (Wildman–Crippen MR) is 96.3 cm³/mol. The zero-order chi connectivity index (χ0) is 14.8. The van der Waals surface area contributed by atoms with Crippen molar-refractivity contribution < 1.29 is 4.79 Å². The van der Waals surface area contributed by atoms with Crippen LogP contribution in [0.25, 0.3) is 11.4 Å². The van der Waals surface area contributed by atoms with E-state index in [2.05, 4.69) is 27.5 Å². The Labute approximate surface area is 148 Å². The number of halogens is 2. The topological polar surface area (TPSA) is 59.8 Å². The third-order valence-electron chi connectivity index (χ3n) is 4.06. The van der Waals surface area contributed by atoms with E-state index in [1.165, 1.54) is 5.56 Å². The minimum Gasteiger partial charge on any atom is -0.323 e. The summed E-state index contributed by atoms with van der Waals surface area (Å²) in [6, 6.07) is 4.16. The number of hydrogen-bond donors (Lipinski definition) is 1. The van der Waals surface area contributed by atoms with Crippen molar-refractivity contribution in [2.24, 2.45) is 13.0 Å². The number of aryl methyl sites for hydroxylation is 2. The van der Waals surface area contributed by atoms with Crippen molar-refractivity contribution in [3.63, 3.8) is 0 Å². The minimum absolute atomic E-state index is 0. The lowest BCUT2D eigenvalue weighted by Gasteiger charge is -2.14. The van der Waals surface area contributed by atoms with Crippen LogP contribution in [0.15, 0.2) is 24.5 Å². The van der Waals surface area contributed by atoms with E-state index in [4.69, 9.17) is 0 Å². The second-order valence-corrected chi connectivity index (χ2v) is 5.72. The van der Waals surface area contributed by atoms with Crippen molar-refractivity contribution >= 4 is 36.4 Å². The first-order chi connectivity index (χ1) is 10.1. The first-order valence-corrected chi connectivity index (χ1v) is 7.43. The summed E-state index contributed by atoms with van der Waals surface area (Å²) in [4.78, 5) is 16.7. The number of rotatable bonds is 0. The van der Waals surface area contributed by atoms with Gasteiger partial charge in [0, 0.05) is 19.2 Å². The molecule has 126 valence electrons. The van der Waals surface area contributed by atoms with Crippen molar-refractivity contribution in [3.05, 3.63) is 30.1 Å². The van der Waals surface area contributed by atoms with Gasteiger partial charge in [0.15, 0.2) is 0 Å². The summed E-state index contributed by atoms with van der Waals surface area (Å²) < 4.78 is 1.76. The van der Waals surface area contributed by atoms with E-state index in [1.807, 2.05) is 20.2 Å². The zero-order valence-corrected chi connectivity index (χ0v) is 14.9. The molecule has 2 aromatic heterocycles. The molecule has 3 heterocycles. The standard InChI is InChI=1S/C16H20N4O.2ClH/c1-11-5-3-4-6-12-7-8-17-13(9-12)15-14(19-16(11)21)10-18-20(15)2;;/h7-11H,3-6H2,1-2H3,(H,19,21);2*1H. The number of hydrogen-bond acceptors (Lipinski definition) is 3. The van der Waals surface area contributed by atoms with E-state index in [0.717, 1.165) is 42.8 Å². The van der Waals surface area contributed by atoms with Gasteiger partial charge in [0.1, 0.15) is 5.69 Å². The number of anilines is 1. The highest BCUT2D eigenvalue weighted by Crippen LogP contribution is 2.28. The van der Waals surface area contributed by atoms with Crippen LogP contribution in [-0.4, -0.2) is 20.7 Å². The van der Waals surface area contributed by atoms with Gasteiger partial charge in [-0.25, -0.2) is 0 Å². The fraction of sp³-hybridized carbons (Fsp3) is 0.438. The maximum absolute atomic E-state index is 12.3. The molecule has 0 radical (unpaired) electrons. The summed E-state index contributed by atoms with van der Waals surface area (Å²) in [5, 5.41) is 7.26. The molecule has 0 aliphatic carbocycles. The first-order valence-electron chi connectivity index (χ1n) is 7.43. The number of fused-ring (bicyclic) bond motifs is 4. The van der Waals surface area contributed by atoms with Gasteiger partial charge in [0.25, 0.3) is 0 Å². The van der Waals surface area contributed by atoms with Crippen molar-refractivity contribution in [3.8, 4) is 11.4 Å². The molecule has 1 amide bonds. The van der Waals surface area contributed by atoms with E-state index >= 15 is 0 Å². The highest BCUT2D eigenvalue weighted by molar-refractivity contribution is 5.95. The molecular weight excluding hydrogens is 335 g/mol. The smallest absolute Gasteiger partial charge is 0.227 e. The summed E-state index contributed by atoms with van der Waals surface area (Å²) in [5.74, 6) is 0.0739. The van der Waals surface area contributed by atoms with Crippen LogP contribution in [0, 0.1) is 5.92 Å². The number of carbonyl (C=O) groups excluding carboxylic acids is 1. The van der Waals surface area contributed by atoms with E-state index in [0.29, 0.717) is 0 Å². The van der Waals surface area contributed by atoms with Crippen LogP contribution in [0.1, 0.15) is 31.7 Å². The lowest BCUT2D eigenvalue weighted by molar-refractivity contribution is -0.119. The highest BCUT2D eigenvalue weighted by atomic mass is 35.5. The number of pyridine rings is 1. The van der Waals surface area contributed by atoms with Gasteiger partial charge in [-0.05, 0) is 37.0 Å². The maximum Gasteiger partial charge on any atom is 0.227 e. The number of carbonyl (C=O) groups is 1. The minimum atomic E-state index is 0. The van der Waals surface area contributed by atoms with Gasteiger partial charge < -0.3 is 5.32 Å². The van der Waals surface area contributed by atoms with Crippen molar-refractivity contribution in [1.29, 1.82) is 0 Å². The molecule has 0 saturated heterocycles. The maximum atomic E-state index is 12.3. The molecule has 0 saturated carbocycles. The van der Waals surface area contributed by atoms with Gasteiger partial charge in [0.2, 0.25) is 5.91 Å². The van der Waals surface area contributed by atoms with Crippen LogP contribution >= 0.6 is 24.8 Å². The summed E-state index contributed by atoms with van der Waals surface area (Å²) in [5.41, 5.74) is 3.74. The van der Waals surface area contributed by atoms with E-state index in [9.17, 15) is 4.79 Å². The second kappa shape index (κ2) is 8.31. The highest BCUT2D eigenvalue weighted by Gasteiger charge is 2.19. The molecule has 5 nitrogen and oxygen atoms in total. The molecule has 23 heavy (non-hydrogen) atoms. The SMILES string of the molecule is CC1CCCCc2ccnc(c2)-c2c(cnn2C)NC1=O.Cl.Cl. The van der Waals surface area contributed by atoms with Crippen molar-refractivity contribution in [2.75, 3.05) is 5.32 Å². The van der Waals surface area contributed by atoms with E-state index < -0.39 is 0 Å². The van der Waals surface area contributed by atoms with Crippen LogP contribution in [0.2, 0.25) is 0 Å². The second-order valence-electron chi connectivity index (χ2n) is 5.72. The molecule has 0 fully saturated rings. The lowest BCUT2D eigenvalue weighted by atomic mass is 9.99. The van der Waals surface area contributed by atoms with Gasteiger partial charge in [-0.2, -0.15) is 5.10 Å². The molecule has 0 aromatic carbocycles. The Kier molecular flexibility index (Phi) is 7.03. The van der Waals surface area contributed by atoms with Crippen LogP contribution in [-0.2, 0) is 18.3 Å². The molecule has 1 N–H and O–H groups in total. The largest absolute Gasteiger partial charge is 0.323 e. The Balaban J connectivity index is 0.00000132. The quantitative estimate of drug-likeness (QED) is 0.783. The molecule has 1 aliphatic rings. The molecule has 2 aromatic rings. The monoisotopic (exact) mass is 356 g/mol. The predicted octanol–water partition coefficient (Wildman–Crippen LogP) is 3.63. The third kappa shape index (κ3) is 4.24. The lowest BCUT2D eigenvalue weighted by Crippen LogP contribution is -2.21. The molecule has 1 unspecified atom stereocenters. The molecule has 0 spiro atoms. The Bertz CT molecular complexity index is 672. The molecule has 1 aliphatic heterocycles. The van der Waals surface area contributed by atoms with Gasteiger partial charge in [-0.15, -0.1) is 24.8 Å². The Hall–Kier alpha value is -1.59. The normalized spacial score (nSPS) is 17.5. The fourth-order valence-corrected chi connectivity index (χ4v) is 2.76. The molecule has 1 atom stereocenters. The number of aromatic nitrogens is 3. The summed E-state index contributed by atoms with van der Waals surface area (Å²) in [6.07, 6.45) is 7.62. The summed E-state index contributed by atoms with van der Waals surface area (Å²) in [7, 11) is 1.87. The third-order valence-corrected chi connectivity index (χ3v) is 4.06. The average molecular weight is 357 g/mol. The fourth-order valence-electron chi connectivity index (χ4n) is 2.76. The Morgan fingerprint density at radius 1 is 1.30 bits per heavy atom. The summed E-state index contributed by atoms with van der Waals surface area (Å²) in [6.45, 7) is 1.98. The van der Waals surface area contributed by atoms with Crippen molar-refractivity contribution in [1.82, 2.24) is 14.8 Å². The molecule has 7 heteroatoms. The number of nitrogens with zero attached hydrogens (tertiary/aromatic N) is 3. The van der Waals surface area contributed by atoms with Crippen LogP contribution < -0.4 is 5.32 Å². The molecule has 3 rings (SSSR count).